The van der Waals surface area contributed by atoms with Gasteiger partial charge in [0.05, 0.1) is 22.7 Å². The van der Waals surface area contributed by atoms with Gasteiger partial charge >= 0.3 is 0 Å². The van der Waals surface area contributed by atoms with Crippen LogP contribution in [0.4, 0.5) is 22.7 Å². The van der Waals surface area contributed by atoms with E-state index in [1.54, 1.807) is 0 Å². The highest BCUT2D eigenvalue weighted by atomic mass is 15.0. The number of anilines is 4. The van der Waals surface area contributed by atoms with E-state index in [2.05, 4.69) is 89.5 Å². The van der Waals surface area contributed by atoms with Gasteiger partial charge < -0.3 is 10.6 Å². The molecule has 0 spiro atoms. The van der Waals surface area contributed by atoms with Crippen molar-refractivity contribution in [2.45, 2.75) is 0 Å². The van der Waals surface area contributed by atoms with Gasteiger partial charge in [-0.15, -0.1) is 0 Å². The van der Waals surface area contributed by atoms with Crippen LogP contribution in [0.1, 0.15) is 0 Å². The van der Waals surface area contributed by atoms with Crippen molar-refractivity contribution in [3.63, 3.8) is 0 Å². The first-order valence-electron chi connectivity index (χ1n) is 8.14. The highest BCUT2D eigenvalue weighted by Crippen LogP contribution is 2.43. The summed E-state index contributed by atoms with van der Waals surface area (Å²) in [7, 11) is 0. The monoisotopic (exact) mass is 308 g/mol. The van der Waals surface area contributed by atoms with Crippen molar-refractivity contribution in [3.8, 4) is 11.1 Å². The van der Waals surface area contributed by atoms with Crippen LogP contribution in [0, 0.1) is 0 Å². The minimum absolute atomic E-state index is 1.11. The Bertz CT molecular complexity index is 1070. The van der Waals surface area contributed by atoms with Gasteiger partial charge in [-0.1, -0.05) is 60.7 Å². The van der Waals surface area contributed by atoms with Gasteiger partial charge in [0, 0.05) is 5.56 Å². The fourth-order valence-electron chi connectivity index (χ4n) is 3.37. The summed E-state index contributed by atoms with van der Waals surface area (Å²) in [4.78, 5) is 0. The second-order valence-corrected chi connectivity index (χ2v) is 6.09. The smallest absolute Gasteiger partial charge is 0.0703 e. The van der Waals surface area contributed by atoms with Crippen LogP contribution >= 0.6 is 0 Å². The van der Waals surface area contributed by atoms with Crippen LogP contribution in [0.5, 0.6) is 0 Å². The van der Waals surface area contributed by atoms with Gasteiger partial charge in [-0.05, 0) is 40.6 Å². The van der Waals surface area contributed by atoms with Gasteiger partial charge in [0.25, 0.3) is 0 Å². The molecule has 2 N–H and O–H groups in total. The van der Waals surface area contributed by atoms with Gasteiger partial charge in [-0.3, -0.25) is 0 Å². The SMILES string of the molecule is c1ccc2c(c1)Nc1cccc(-c3ccc4ccccc4c3)c1N2. The van der Waals surface area contributed by atoms with Crippen LogP contribution in [0.15, 0.2) is 84.9 Å². The molecule has 24 heavy (non-hydrogen) atoms. The van der Waals surface area contributed by atoms with E-state index in [4.69, 9.17) is 0 Å². The Morgan fingerprint density at radius 2 is 1.21 bits per heavy atom. The van der Waals surface area contributed by atoms with Gasteiger partial charge in [0.15, 0.2) is 0 Å². The number of fused-ring (bicyclic) bond motifs is 3. The second-order valence-electron chi connectivity index (χ2n) is 6.09. The largest absolute Gasteiger partial charge is 0.352 e. The molecule has 0 aliphatic carbocycles. The highest BCUT2D eigenvalue weighted by molar-refractivity contribution is 5.99. The number of hydrogen-bond donors (Lipinski definition) is 2. The third kappa shape index (κ3) is 2.04. The minimum atomic E-state index is 1.11. The maximum Gasteiger partial charge on any atom is 0.0703 e. The van der Waals surface area contributed by atoms with Crippen LogP contribution in [0.2, 0.25) is 0 Å². The fourth-order valence-corrected chi connectivity index (χ4v) is 3.37. The minimum Gasteiger partial charge on any atom is -0.352 e. The van der Waals surface area contributed by atoms with E-state index in [0.29, 0.717) is 0 Å². The molecule has 114 valence electrons. The quantitative estimate of drug-likeness (QED) is 0.379. The molecule has 2 nitrogen and oxygen atoms in total. The first-order valence-corrected chi connectivity index (χ1v) is 8.14. The average molecular weight is 308 g/mol. The Balaban J connectivity index is 1.67. The summed E-state index contributed by atoms with van der Waals surface area (Å²) in [5.41, 5.74) is 6.89. The Hall–Kier alpha value is -3.26. The molecule has 4 aromatic rings. The van der Waals surface area contributed by atoms with Crippen molar-refractivity contribution in [3.05, 3.63) is 84.9 Å². The normalized spacial score (nSPS) is 12.0. The van der Waals surface area contributed by atoms with E-state index < -0.39 is 0 Å². The first kappa shape index (κ1) is 13.2. The van der Waals surface area contributed by atoms with Gasteiger partial charge in [0.1, 0.15) is 0 Å². The molecule has 0 amide bonds. The maximum atomic E-state index is 3.59. The summed E-state index contributed by atoms with van der Waals surface area (Å²) in [5.74, 6) is 0. The summed E-state index contributed by atoms with van der Waals surface area (Å²) in [5, 5.41) is 9.65. The lowest BCUT2D eigenvalue weighted by Gasteiger charge is -2.25. The molecule has 0 saturated heterocycles. The fraction of sp³-hybridized carbons (Fsp3) is 0. The molecule has 4 aromatic carbocycles. The molecule has 1 aliphatic rings. The van der Waals surface area contributed by atoms with Crippen LogP contribution in [0.25, 0.3) is 21.9 Å². The standard InChI is InChI=1S/C22H16N2/c1-2-7-16-14-17(13-12-15(16)6-1)18-8-5-11-21-22(18)24-20-10-4-3-9-19(20)23-21/h1-14,23-24H. The van der Waals surface area contributed by atoms with E-state index in [0.717, 1.165) is 22.7 Å². The van der Waals surface area contributed by atoms with Crippen molar-refractivity contribution >= 4 is 33.5 Å². The summed E-state index contributed by atoms with van der Waals surface area (Å²) in [6.45, 7) is 0. The van der Waals surface area contributed by atoms with Crippen LogP contribution in [0.3, 0.4) is 0 Å². The lowest BCUT2D eigenvalue weighted by molar-refractivity contribution is 1.44. The molecule has 0 saturated carbocycles. The summed E-state index contributed by atoms with van der Waals surface area (Å²) < 4.78 is 0. The summed E-state index contributed by atoms with van der Waals surface area (Å²) in [6, 6.07) is 29.8. The van der Waals surface area contributed by atoms with E-state index in [9.17, 15) is 0 Å². The molecular weight excluding hydrogens is 292 g/mol. The summed E-state index contributed by atoms with van der Waals surface area (Å²) in [6.07, 6.45) is 0. The molecule has 0 atom stereocenters. The molecule has 0 fully saturated rings. The number of para-hydroxylation sites is 3. The second kappa shape index (κ2) is 5.14. The van der Waals surface area contributed by atoms with E-state index in [-0.39, 0.29) is 0 Å². The third-order valence-electron chi connectivity index (χ3n) is 4.58. The van der Waals surface area contributed by atoms with E-state index in [1.807, 2.05) is 6.07 Å². The third-order valence-corrected chi connectivity index (χ3v) is 4.58. The molecule has 0 unspecified atom stereocenters. The predicted molar refractivity (Wildman–Crippen MR) is 102 cm³/mol. The Morgan fingerprint density at radius 3 is 2.08 bits per heavy atom. The number of hydrogen-bond acceptors (Lipinski definition) is 2. The topological polar surface area (TPSA) is 24.1 Å². The van der Waals surface area contributed by atoms with E-state index >= 15 is 0 Å². The van der Waals surface area contributed by atoms with Crippen molar-refractivity contribution in [2.75, 3.05) is 10.6 Å². The average Bonchev–Trinajstić information content (AvgIpc) is 2.65. The van der Waals surface area contributed by atoms with Gasteiger partial charge in [-0.25, -0.2) is 0 Å². The van der Waals surface area contributed by atoms with Crippen LogP contribution < -0.4 is 10.6 Å². The molecule has 1 aliphatic heterocycles. The number of nitrogens with one attached hydrogen (secondary N) is 2. The zero-order valence-corrected chi connectivity index (χ0v) is 13.1. The number of rotatable bonds is 1. The molecule has 1 heterocycles. The zero-order valence-electron chi connectivity index (χ0n) is 13.1. The van der Waals surface area contributed by atoms with Crippen molar-refractivity contribution in [1.29, 1.82) is 0 Å². The molecule has 2 heteroatoms. The van der Waals surface area contributed by atoms with Crippen molar-refractivity contribution in [2.24, 2.45) is 0 Å². The Labute approximate surface area is 140 Å². The maximum absolute atomic E-state index is 3.59. The molecule has 5 rings (SSSR count). The van der Waals surface area contributed by atoms with Crippen LogP contribution in [-0.2, 0) is 0 Å². The lowest BCUT2D eigenvalue weighted by atomic mass is 9.98. The number of benzene rings is 4. The van der Waals surface area contributed by atoms with Gasteiger partial charge in [0.2, 0.25) is 0 Å². The van der Waals surface area contributed by atoms with Crippen LogP contribution in [-0.4, -0.2) is 0 Å². The zero-order chi connectivity index (χ0) is 15.9. The Kier molecular flexibility index (Phi) is 2.83. The van der Waals surface area contributed by atoms with Crippen molar-refractivity contribution < 1.29 is 0 Å². The molecule has 0 bridgehead atoms. The Morgan fingerprint density at radius 1 is 0.500 bits per heavy atom. The predicted octanol–water partition coefficient (Wildman–Crippen LogP) is 6.31. The molecule has 0 aromatic heterocycles. The van der Waals surface area contributed by atoms with Crippen molar-refractivity contribution in [1.82, 2.24) is 0 Å². The first-order chi connectivity index (χ1) is 11.9. The molecular formula is C22H16N2. The van der Waals surface area contributed by atoms with E-state index in [1.165, 1.54) is 21.9 Å². The summed E-state index contributed by atoms with van der Waals surface area (Å²) >= 11 is 0. The van der Waals surface area contributed by atoms with Gasteiger partial charge in [-0.2, -0.15) is 0 Å². The lowest BCUT2D eigenvalue weighted by Crippen LogP contribution is -2.07. The highest BCUT2D eigenvalue weighted by Gasteiger charge is 2.17. The molecule has 0 radical (unpaired) electrons.